The van der Waals surface area contributed by atoms with Crippen LogP contribution in [0.4, 0.5) is 0 Å². The molecule has 21 heavy (non-hydrogen) atoms. The maximum Gasteiger partial charge on any atom is 0.142 e. The number of hydrogen-bond donors (Lipinski definition) is 0. The Labute approximate surface area is 123 Å². The van der Waals surface area contributed by atoms with Gasteiger partial charge in [-0.3, -0.25) is 0 Å². The first kappa shape index (κ1) is 12.3. The Hall–Kier alpha value is -2.48. The Morgan fingerprint density at radius 3 is 2.33 bits per heavy atom. The van der Waals surface area contributed by atoms with Gasteiger partial charge in [0, 0.05) is 16.3 Å². The summed E-state index contributed by atoms with van der Waals surface area (Å²) in [5, 5.41) is 2.29. The molecule has 0 N–H and O–H groups in total. The van der Waals surface area contributed by atoms with Gasteiger partial charge in [0.25, 0.3) is 0 Å². The molecule has 2 nitrogen and oxygen atoms in total. The number of furan rings is 2. The zero-order valence-corrected chi connectivity index (χ0v) is 12.4. The van der Waals surface area contributed by atoms with E-state index in [1.807, 2.05) is 13.8 Å². The average Bonchev–Trinajstić information content (AvgIpc) is 3.01. The Morgan fingerprint density at radius 1 is 0.714 bits per heavy atom. The van der Waals surface area contributed by atoms with Crippen molar-refractivity contribution in [1.29, 1.82) is 0 Å². The van der Waals surface area contributed by atoms with Gasteiger partial charge in [-0.25, -0.2) is 0 Å². The van der Waals surface area contributed by atoms with E-state index in [-0.39, 0.29) is 0 Å². The fraction of sp³-hybridized carbons (Fsp3) is 0.158. The molecule has 0 bridgehead atoms. The molecule has 0 spiro atoms. The minimum Gasteiger partial charge on any atom is -0.461 e. The first-order chi connectivity index (χ1) is 10.1. The van der Waals surface area contributed by atoms with Gasteiger partial charge in [-0.15, -0.1) is 0 Å². The van der Waals surface area contributed by atoms with Crippen LogP contribution in [0.5, 0.6) is 0 Å². The van der Waals surface area contributed by atoms with E-state index >= 15 is 0 Å². The first-order valence-corrected chi connectivity index (χ1v) is 7.13. The summed E-state index contributed by atoms with van der Waals surface area (Å²) < 4.78 is 11.8. The van der Waals surface area contributed by atoms with Crippen LogP contribution in [-0.4, -0.2) is 0 Å². The zero-order chi connectivity index (χ0) is 14.6. The molecule has 0 saturated carbocycles. The Morgan fingerprint density at radius 2 is 1.48 bits per heavy atom. The third-order valence-electron chi connectivity index (χ3n) is 3.96. The van der Waals surface area contributed by atoms with Crippen LogP contribution >= 0.6 is 0 Å². The summed E-state index contributed by atoms with van der Waals surface area (Å²) in [4.78, 5) is 0. The third-order valence-corrected chi connectivity index (χ3v) is 3.96. The summed E-state index contributed by atoms with van der Waals surface area (Å²) in [5.41, 5.74) is 5.34. The summed E-state index contributed by atoms with van der Waals surface area (Å²) in [6.07, 6.45) is 0. The van der Waals surface area contributed by atoms with Gasteiger partial charge in [-0.2, -0.15) is 0 Å². The van der Waals surface area contributed by atoms with Gasteiger partial charge in [0.2, 0.25) is 0 Å². The molecule has 2 aromatic carbocycles. The molecular weight excluding hydrogens is 260 g/mol. The lowest BCUT2D eigenvalue weighted by atomic mass is 9.98. The van der Waals surface area contributed by atoms with Crippen molar-refractivity contribution in [3.05, 3.63) is 59.5 Å². The SMILES string of the molecule is Cc1cc2cccc(-c3ccc(C)c4oc(C)cc34)c2o1. The number of aryl methyl sites for hydroxylation is 3. The molecule has 0 unspecified atom stereocenters. The molecule has 0 aliphatic rings. The molecule has 2 heteroatoms. The molecule has 0 aliphatic heterocycles. The highest BCUT2D eigenvalue weighted by atomic mass is 16.3. The second-order valence-corrected chi connectivity index (χ2v) is 5.61. The molecule has 104 valence electrons. The van der Waals surface area contributed by atoms with Crippen LogP contribution in [0.2, 0.25) is 0 Å². The molecule has 4 aromatic rings. The molecule has 0 atom stereocenters. The van der Waals surface area contributed by atoms with Crippen LogP contribution < -0.4 is 0 Å². The quantitative estimate of drug-likeness (QED) is 0.441. The highest BCUT2D eigenvalue weighted by Crippen LogP contribution is 2.37. The lowest BCUT2D eigenvalue weighted by molar-refractivity contribution is 0.576. The van der Waals surface area contributed by atoms with Gasteiger partial charge in [0.05, 0.1) is 0 Å². The highest BCUT2D eigenvalue weighted by molar-refractivity contribution is 6.03. The van der Waals surface area contributed by atoms with Crippen molar-refractivity contribution in [3.63, 3.8) is 0 Å². The van der Waals surface area contributed by atoms with Gasteiger partial charge in [0.15, 0.2) is 0 Å². The first-order valence-electron chi connectivity index (χ1n) is 7.13. The van der Waals surface area contributed by atoms with E-state index < -0.39 is 0 Å². The molecule has 0 amide bonds. The van der Waals surface area contributed by atoms with E-state index in [0.29, 0.717) is 0 Å². The molecule has 2 heterocycles. The normalized spacial score (nSPS) is 11.6. The van der Waals surface area contributed by atoms with Crippen molar-refractivity contribution in [2.24, 2.45) is 0 Å². The lowest BCUT2D eigenvalue weighted by Gasteiger charge is -2.05. The van der Waals surface area contributed by atoms with Crippen molar-refractivity contribution in [2.75, 3.05) is 0 Å². The summed E-state index contributed by atoms with van der Waals surface area (Å²) in [7, 11) is 0. The largest absolute Gasteiger partial charge is 0.461 e. The number of fused-ring (bicyclic) bond motifs is 2. The number of hydrogen-bond acceptors (Lipinski definition) is 2. The van der Waals surface area contributed by atoms with Crippen molar-refractivity contribution >= 4 is 21.9 Å². The molecule has 0 radical (unpaired) electrons. The van der Waals surface area contributed by atoms with Gasteiger partial charge in [0.1, 0.15) is 22.7 Å². The summed E-state index contributed by atoms with van der Waals surface area (Å²) in [6.45, 7) is 6.05. The van der Waals surface area contributed by atoms with E-state index in [9.17, 15) is 0 Å². The topological polar surface area (TPSA) is 26.3 Å². The second-order valence-electron chi connectivity index (χ2n) is 5.61. The molecule has 2 aromatic heterocycles. The lowest BCUT2D eigenvalue weighted by Crippen LogP contribution is -1.82. The van der Waals surface area contributed by atoms with E-state index in [4.69, 9.17) is 8.83 Å². The number of benzene rings is 2. The van der Waals surface area contributed by atoms with E-state index in [0.717, 1.165) is 50.1 Å². The smallest absolute Gasteiger partial charge is 0.142 e. The maximum absolute atomic E-state index is 5.91. The minimum atomic E-state index is 0.934. The van der Waals surface area contributed by atoms with Crippen molar-refractivity contribution in [1.82, 2.24) is 0 Å². The summed E-state index contributed by atoms with van der Waals surface area (Å²) in [5.74, 6) is 1.87. The fourth-order valence-corrected chi connectivity index (χ4v) is 3.02. The Kier molecular flexibility index (Phi) is 2.49. The van der Waals surface area contributed by atoms with Crippen LogP contribution in [-0.2, 0) is 0 Å². The van der Waals surface area contributed by atoms with E-state index in [1.165, 1.54) is 0 Å². The Bertz CT molecular complexity index is 970. The third kappa shape index (κ3) is 1.79. The van der Waals surface area contributed by atoms with Crippen LogP contribution in [0.15, 0.2) is 51.3 Å². The van der Waals surface area contributed by atoms with Crippen molar-refractivity contribution in [2.45, 2.75) is 20.8 Å². The van der Waals surface area contributed by atoms with Crippen molar-refractivity contribution in [3.8, 4) is 11.1 Å². The molecule has 4 rings (SSSR count). The highest BCUT2D eigenvalue weighted by Gasteiger charge is 2.14. The van der Waals surface area contributed by atoms with Gasteiger partial charge < -0.3 is 8.83 Å². The second kappa shape index (κ2) is 4.26. The number of rotatable bonds is 1. The molecule has 0 aliphatic carbocycles. The maximum atomic E-state index is 5.91. The van der Waals surface area contributed by atoms with Crippen LogP contribution in [0.3, 0.4) is 0 Å². The fourth-order valence-electron chi connectivity index (χ4n) is 3.02. The summed E-state index contributed by atoms with van der Waals surface area (Å²) in [6, 6.07) is 14.7. The molecule has 0 fully saturated rings. The van der Waals surface area contributed by atoms with Gasteiger partial charge in [-0.05, 0) is 44.0 Å². The monoisotopic (exact) mass is 276 g/mol. The van der Waals surface area contributed by atoms with E-state index in [1.54, 1.807) is 0 Å². The minimum absolute atomic E-state index is 0.934. The average molecular weight is 276 g/mol. The van der Waals surface area contributed by atoms with Crippen LogP contribution in [0.1, 0.15) is 17.1 Å². The zero-order valence-electron chi connectivity index (χ0n) is 12.4. The predicted molar refractivity (Wildman–Crippen MR) is 85.6 cm³/mol. The molecular formula is C19H16O2. The predicted octanol–water partition coefficient (Wildman–Crippen LogP) is 5.77. The summed E-state index contributed by atoms with van der Waals surface area (Å²) >= 11 is 0. The van der Waals surface area contributed by atoms with E-state index in [2.05, 4.69) is 49.4 Å². The molecule has 0 saturated heterocycles. The van der Waals surface area contributed by atoms with Crippen LogP contribution in [0.25, 0.3) is 33.1 Å². The standard InChI is InChI=1S/C19H16O2/c1-11-7-8-15(17-10-13(3)20-18(11)17)16-6-4-5-14-9-12(2)21-19(14)16/h4-10H,1-3H3. The number of para-hydroxylation sites is 1. The Balaban J connectivity index is 2.11. The van der Waals surface area contributed by atoms with Gasteiger partial charge in [-0.1, -0.05) is 30.3 Å². The van der Waals surface area contributed by atoms with Crippen molar-refractivity contribution < 1.29 is 8.83 Å². The van der Waals surface area contributed by atoms with Gasteiger partial charge >= 0.3 is 0 Å². The van der Waals surface area contributed by atoms with Crippen LogP contribution in [0, 0.1) is 20.8 Å².